The third kappa shape index (κ3) is 5.54. The van der Waals surface area contributed by atoms with E-state index in [1.807, 2.05) is 42.5 Å². The van der Waals surface area contributed by atoms with Gasteiger partial charge < -0.3 is 20.3 Å². The van der Waals surface area contributed by atoms with Gasteiger partial charge in [-0.3, -0.25) is 19.5 Å². The number of rotatable bonds is 8. The lowest BCUT2D eigenvalue weighted by Gasteiger charge is -2.20. The van der Waals surface area contributed by atoms with Crippen molar-refractivity contribution in [1.29, 1.82) is 0 Å². The molecule has 1 aromatic heterocycles. The number of nitrogens with one attached hydrogen (secondary N) is 3. The van der Waals surface area contributed by atoms with E-state index in [4.69, 9.17) is 4.74 Å². The van der Waals surface area contributed by atoms with E-state index in [1.54, 1.807) is 13.1 Å². The van der Waals surface area contributed by atoms with E-state index in [2.05, 4.69) is 25.8 Å². The zero-order valence-corrected chi connectivity index (χ0v) is 20.0. The monoisotopic (exact) mass is 488 g/mol. The summed E-state index contributed by atoms with van der Waals surface area (Å²) in [5.74, 6) is 0.217. The highest BCUT2D eigenvalue weighted by Gasteiger charge is 2.32. The van der Waals surface area contributed by atoms with Crippen LogP contribution in [0.15, 0.2) is 48.5 Å². The molecule has 1 unspecified atom stereocenters. The van der Waals surface area contributed by atoms with Gasteiger partial charge in [-0.1, -0.05) is 36.4 Å². The smallest absolute Gasteiger partial charge is 0.291 e. The summed E-state index contributed by atoms with van der Waals surface area (Å²) in [7, 11) is 1.64. The van der Waals surface area contributed by atoms with Crippen LogP contribution >= 0.6 is 0 Å². The fraction of sp³-hybridized carbons (Fsp3) is 0.346. The quantitative estimate of drug-likeness (QED) is 0.443. The summed E-state index contributed by atoms with van der Waals surface area (Å²) in [6, 6.07) is 14.7. The Morgan fingerprint density at radius 2 is 1.92 bits per heavy atom. The molecule has 0 bridgehead atoms. The van der Waals surface area contributed by atoms with Crippen molar-refractivity contribution < 1.29 is 19.1 Å². The minimum Gasteiger partial charge on any atom is -0.489 e. The summed E-state index contributed by atoms with van der Waals surface area (Å²) in [5.41, 5.74) is 2.56. The van der Waals surface area contributed by atoms with Gasteiger partial charge in [0.15, 0.2) is 0 Å². The molecular formula is C26H28N6O4. The maximum Gasteiger partial charge on any atom is 0.291 e. The van der Waals surface area contributed by atoms with E-state index in [1.165, 1.54) is 4.90 Å². The second-order valence-corrected chi connectivity index (χ2v) is 9.15. The lowest BCUT2D eigenvalue weighted by molar-refractivity contribution is -0.121. The molecule has 0 radical (unpaired) electrons. The van der Waals surface area contributed by atoms with Crippen molar-refractivity contribution in [1.82, 2.24) is 25.8 Å². The normalized spacial score (nSPS) is 17.1. The Bertz CT molecular complexity index is 1270. The molecule has 2 aromatic carbocycles. The van der Waals surface area contributed by atoms with E-state index in [0.29, 0.717) is 42.6 Å². The highest BCUT2D eigenvalue weighted by atomic mass is 16.5. The molecule has 2 aliphatic rings. The molecule has 0 spiro atoms. The molecule has 0 saturated heterocycles. The predicted molar refractivity (Wildman–Crippen MR) is 132 cm³/mol. The van der Waals surface area contributed by atoms with Gasteiger partial charge in [-0.15, -0.1) is 5.10 Å². The summed E-state index contributed by atoms with van der Waals surface area (Å²) in [6.07, 6.45) is 3.56. The molecule has 10 nitrogen and oxygen atoms in total. The lowest BCUT2D eigenvalue weighted by atomic mass is 10.1. The molecule has 1 aliphatic heterocycles. The first kappa shape index (κ1) is 23.5. The molecule has 36 heavy (non-hydrogen) atoms. The molecule has 186 valence electrons. The summed E-state index contributed by atoms with van der Waals surface area (Å²) in [6.45, 7) is -0.0215. The number of hydrogen-bond donors (Lipinski definition) is 3. The second-order valence-electron chi connectivity index (χ2n) is 9.15. The summed E-state index contributed by atoms with van der Waals surface area (Å²) in [4.78, 5) is 43.7. The maximum absolute atomic E-state index is 13.1. The van der Waals surface area contributed by atoms with E-state index >= 15 is 0 Å². The number of carbonyl (C=O) groups excluding carboxylic acids is 3. The first-order valence-electron chi connectivity index (χ1n) is 12.0. The standard InChI is InChI=1S/C26H28N6O4/c1-32-20-13-17(8-12-23(33)27-18-9-10-18)7-11-21(20)36-15-19(26(32)35)28-25(34)24-29-22(30-31-24)14-16-5-3-2-4-6-16/h2-7,11,13,18-19H,8-10,12,14-15H2,1H3,(H,27,33)(H,28,34)(H,29,30,31). The molecule has 3 amide bonds. The minimum absolute atomic E-state index is 0.0215. The van der Waals surface area contributed by atoms with Crippen LogP contribution in [0.5, 0.6) is 5.75 Å². The highest BCUT2D eigenvalue weighted by molar-refractivity contribution is 6.02. The average molecular weight is 489 g/mol. The van der Waals surface area contributed by atoms with Crippen molar-refractivity contribution in [2.75, 3.05) is 18.6 Å². The number of nitrogens with zero attached hydrogens (tertiary/aromatic N) is 3. The molecule has 3 N–H and O–H groups in total. The molecule has 3 aromatic rings. The first-order chi connectivity index (χ1) is 17.5. The number of likely N-dealkylation sites (N-methyl/N-ethyl adjacent to an activating group) is 1. The van der Waals surface area contributed by atoms with Gasteiger partial charge in [0.1, 0.15) is 24.2 Å². The fourth-order valence-corrected chi connectivity index (χ4v) is 4.08. The molecule has 2 heterocycles. The van der Waals surface area contributed by atoms with Crippen LogP contribution in [0.4, 0.5) is 5.69 Å². The van der Waals surface area contributed by atoms with Crippen LogP contribution < -0.4 is 20.3 Å². The molecule has 1 saturated carbocycles. The summed E-state index contributed by atoms with van der Waals surface area (Å²) < 4.78 is 5.86. The van der Waals surface area contributed by atoms with Gasteiger partial charge in [-0.05, 0) is 42.5 Å². The van der Waals surface area contributed by atoms with Crippen molar-refractivity contribution in [3.8, 4) is 5.75 Å². The summed E-state index contributed by atoms with van der Waals surface area (Å²) >= 11 is 0. The average Bonchev–Trinajstić information content (AvgIpc) is 3.60. The number of amides is 3. The van der Waals surface area contributed by atoms with E-state index in [9.17, 15) is 14.4 Å². The number of H-pyrrole nitrogens is 1. The van der Waals surface area contributed by atoms with Crippen molar-refractivity contribution in [2.24, 2.45) is 0 Å². The number of aromatic amines is 1. The Labute approximate surface area is 208 Å². The van der Waals surface area contributed by atoms with E-state index < -0.39 is 11.9 Å². The third-order valence-electron chi connectivity index (χ3n) is 6.26. The van der Waals surface area contributed by atoms with E-state index in [-0.39, 0.29) is 24.2 Å². The van der Waals surface area contributed by atoms with Crippen LogP contribution in [-0.2, 0) is 22.4 Å². The number of fused-ring (bicyclic) bond motifs is 1. The van der Waals surface area contributed by atoms with Crippen LogP contribution in [-0.4, -0.2) is 58.6 Å². The van der Waals surface area contributed by atoms with Crippen LogP contribution in [0.25, 0.3) is 0 Å². The van der Waals surface area contributed by atoms with Crippen LogP contribution in [0, 0.1) is 0 Å². The largest absolute Gasteiger partial charge is 0.489 e. The van der Waals surface area contributed by atoms with Gasteiger partial charge in [-0.2, -0.15) is 0 Å². The molecule has 1 atom stereocenters. The number of aryl methyl sites for hydroxylation is 1. The van der Waals surface area contributed by atoms with Crippen LogP contribution in [0.1, 0.15) is 46.8 Å². The Morgan fingerprint density at radius 3 is 2.69 bits per heavy atom. The first-order valence-corrected chi connectivity index (χ1v) is 12.0. The highest BCUT2D eigenvalue weighted by Crippen LogP contribution is 2.32. The van der Waals surface area contributed by atoms with Gasteiger partial charge in [0.05, 0.1) is 5.69 Å². The molecular weight excluding hydrogens is 460 g/mol. The molecule has 5 rings (SSSR count). The van der Waals surface area contributed by atoms with Gasteiger partial charge in [-0.25, -0.2) is 4.98 Å². The zero-order valence-electron chi connectivity index (χ0n) is 20.0. The van der Waals surface area contributed by atoms with Gasteiger partial charge >= 0.3 is 0 Å². The second kappa shape index (κ2) is 10.2. The predicted octanol–water partition coefficient (Wildman–Crippen LogP) is 1.76. The number of hydrogen-bond acceptors (Lipinski definition) is 6. The SMILES string of the molecule is CN1C(=O)C(NC(=O)c2n[nH]c(Cc3ccccc3)n2)COc2ccc(CCC(=O)NC3CC3)cc21. The summed E-state index contributed by atoms with van der Waals surface area (Å²) in [5, 5.41) is 12.5. The minimum atomic E-state index is -0.904. The third-order valence-corrected chi connectivity index (χ3v) is 6.26. The van der Waals surface area contributed by atoms with Crippen LogP contribution in [0.3, 0.4) is 0 Å². The number of anilines is 1. The Kier molecular flexibility index (Phi) is 6.66. The van der Waals surface area contributed by atoms with Crippen molar-refractivity contribution in [3.05, 3.63) is 71.3 Å². The van der Waals surface area contributed by atoms with Gasteiger partial charge in [0.2, 0.25) is 11.7 Å². The number of ether oxygens (including phenoxy) is 1. The topological polar surface area (TPSA) is 129 Å². The number of carbonyl (C=O) groups is 3. The maximum atomic E-state index is 13.1. The van der Waals surface area contributed by atoms with Crippen molar-refractivity contribution in [3.63, 3.8) is 0 Å². The zero-order chi connectivity index (χ0) is 25.1. The van der Waals surface area contributed by atoms with Gasteiger partial charge in [0.25, 0.3) is 11.8 Å². The van der Waals surface area contributed by atoms with Crippen LogP contribution in [0.2, 0.25) is 0 Å². The Morgan fingerprint density at radius 1 is 1.11 bits per heavy atom. The van der Waals surface area contributed by atoms with Gasteiger partial charge in [0, 0.05) is 25.9 Å². The number of benzene rings is 2. The Hall–Kier alpha value is -4.21. The molecule has 1 aliphatic carbocycles. The lowest BCUT2D eigenvalue weighted by Crippen LogP contribution is -2.49. The van der Waals surface area contributed by atoms with Crippen molar-refractivity contribution >= 4 is 23.4 Å². The Balaban J connectivity index is 1.21. The van der Waals surface area contributed by atoms with Crippen molar-refractivity contribution in [2.45, 2.75) is 44.2 Å². The van der Waals surface area contributed by atoms with E-state index in [0.717, 1.165) is 24.0 Å². The number of aromatic nitrogens is 3. The molecule has 10 heteroatoms. The fourth-order valence-electron chi connectivity index (χ4n) is 4.08. The molecule has 1 fully saturated rings.